The molecule has 1 aliphatic heterocycles. The minimum atomic E-state index is 0.140. The van der Waals surface area contributed by atoms with Gasteiger partial charge in [-0.05, 0) is 63.4 Å². The summed E-state index contributed by atoms with van der Waals surface area (Å²) in [5.74, 6) is 0.835. The zero-order valence-corrected chi connectivity index (χ0v) is 18.0. The number of aryl methyl sites for hydroxylation is 2. The van der Waals surface area contributed by atoms with Crippen LogP contribution in [0.15, 0.2) is 36.4 Å². The number of morpholine rings is 1. The summed E-state index contributed by atoms with van der Waals surface area (Å²) >= 11 is 0. The number of anilines is 2. The Kier molecular flexibility index (Phi) is 5.41. The van der Waals surface area contributed by atoms with Gasteiger partial charge in [0, 0.05) is 29.0 Å². The third-order valence-corrected chi connectivity index (χ3v) is 6.11. The molecule has 152 valence electrons. The highest BCUT2D eigenvalue weighted by molar-refractivity contribution is 5.95. The number of fused-ring (bicyclic) bond motifs is 1. The zero-order valence-electron chi connectivity index (χ0n) is 18.0. The molecule has 3 aromatic rings. The van der Waals surface area contributed by atoms with Gasteiger partial charge in [-0.2, -0.15) is 5.10 Å². The molecule has 0 unspecified atom stereocenters. The van der Waals surface area contributed by atoms with Crippen molar-refractivity contribution >= 4 is 22.3 Å². The van der Waals surface area contributed by atoms with Gasteiger partial charge in [0.1, 0.15) is 0 Å². The van der Waals surface area contributed by atoms with Gasteiger partial charge in [0.05, 0.1) is 24.9 Å². The molecule has 0 amide bonds. The average Bonchev–Trinajstić information content (AvgIpc) is 2.72. The Morgan fingerprint density at radius 3 is 2.72 bits per heavy atom. The van der Waals surface area contributed by atoms with Crippen LogP contribution < -0.4 is 10.2 Å². The maximum Gasteiger partial charge on any atom is 0.157 e. The average molecular weight is 391 g/mol. The Hall–Kier alpha value is -2.66. The Balaban J connectivity index is 1.72. The largest absolute Gasteiger partial charge is 0.377 e. The van der Waals surface area contributed by atoms with Gasteiger partial charge >= 0.3 is 0 Å². The zero-order chi connectivity index (χ0) is 20.5. The Bertz CT molecular complexity index is 1030. The summed E-state index contributed by atoms with van der Waals surface area (Å²) in [7, 11) is 0. The first-order valence-electron chi connectivity index (χ1n) is 10.4. The first-order valence-corrected chi connectivity index (χ1v) is 10.4. The number of hydrogen-bond donors (Lipinski definition) is 1. The van der Waals surface area contributed by atoms with Crippen LogP contribution in [0, 0.1) is 20.8 Å². The van der Waals surface area contributed by atoms with E-state index in [1.165, 1.54) is 22.4 Å². The van der Waals surface area contributed by atoms with Gasteiger partial charge in [-0.15, -0.1) is 5.10 Å². The molecule has 2 heterocycles. The molecule has 1 fully saturated rings. The summed E-state index contributed by atoms with van der Waals surface area (Å²) in [6.07, 6.45) is 0. The van der Waals surface area contributed by atoms with Crippen LogP contribution in [0.4, 0.5) is 11.5 Å². The standard InChI is InChI=1S/C24H30N4O/c1-15-7-6-8-21(17(15)3)18(4)25-24-23-13-20(28-11-12-29-14-16(28)2)9-10-22(23)19(5)26-27-24/h6-10,13,16,18H,11-12,14H2,1-5H3,(H,25,27)/t16-,18+/m0/s1. The molecule has 4 rings (SSSR count). The summed E-state index contributed by atoms with van der Waals surface area (Å²) in [6, 6.07) is 13.6. The highest BCUT2D eigenvalue weighted by Gasteiger charge is 2.20. The van der Waals surface area contributed by atoms with Crippen molar-refractivity contribution in [3.8, 4) is 0 Å². The second-order valence-electron chi connectivity index (χ2n) is 8.14. The van der Waals surface area contributed by atoms with Crippen LogP contribution in [-0.4, -0.2) is 36.0 Å². The number of benzene rings is 2. The van der Waals surface area contributed by atoms with Gasteiger partial charge in [-0.1, -0.05) is 24.3 Å². The van der Waals surface area contributed by atoms with Crippen molar-refractivity contribution in [3.05, 3.63) is 58.8 Å². The fourth-order valence-corrected chi connectivity index (χ4v) is 4.20. The second kappa shape index (κ2) is 7.99. The quantitative estimate of drug-likeness (QED) is 0.683. The van der Waals surface area contributed by atoms with Crippen LogP contribution in [0.2, 0.25) is 0 Å². The molecule has 5 heteroatoms. The summed E-state index contributed by atoms with van der Waals surface area (Å²) < 4.78 is 5.61. The van der Waals surface area contributed by atoms with E-state index in [9.17, 15) is 0 Å². The van der Waals surface area contributed by atoms with E-state index in [1.54, 1.807) is 0 Å². The van der Waals surface area contributed by atoms with Gasteiger partial charge in [-0.3, -0.25) is 0 Å². The minimum Gasteiger partial charge on any atom is -0.377 e. The molecule has 2 atom stereocenters. The summed E-state index contributed by atoms with van der Waals surface area (Å²) in [6.45, 7) is 13.2. The Labute approximate surface area is 173 Å². The molecule has 0 saturated carbocycles. The van der Waals surface area contributed by atoms with Crippen LogP contribution in [-0.2, 0) is 4.74 Å². The topological polar surface area (TPSA) is 50.3 Å². The number of aromatic nitrogens is 2. The molecule has 1 N–H and O–H groups in total. The Morgan fingerprint density at radius 2 is 1.93 bits per heavy atom. The molecule has 1 aliphatic rings. The van der Waals surface area contributed by atoms with Crippen LogP contribution >= 0.6 is 0 Å². The van der Waals surface area contributed by atoms with E-state index < -0.39 is 0 Å². The number of ether oxygens (including phenoxy) is 1. The molecule has 1 saturated heterocycles. The molecule has 0 aliphatic carbocycles. The molecule has 0 radical (unpaired) electrons. The predicted molar refractivity (Wildman–Crippen MR) is 120 cm³/mol. The van der Waals surface area contributed by atoms with Crippen molar-refractivity contribution in [2.45, 2.75) is 46.7 Å². The van der Waals surface area contributed by atoms with Crippen LogP contribution in [0.3, 0.4) is 0 Å². The highest BCUT2D eigenvalue weighted by Crippen LogP contribution is 2.32. The molecule has 2 aromatic carbocycles. The summed E-state index contributed by atoms with van der Waals surface area (Å²) in [5.41, 5.74) is 6.08. The van der Waals surface area contributed by atoms with Crippen molar-refractivity contribution in [3.63, 3.8) is 0 Å². The van der Waals surface area contributed by atoms with Crippen LogP contribution in [0.5, 0.6) is 0 Å². The van der Waals surface area contributed by atoms with E-state index in [1.807, 2.05) is 6.92 Å². The Morgan fingerprint density at radius 1 is 1.10 bits per heavy atom. The molecule has 1 aromatic heterocycles. The van der Waals surface area contributed by atoms with Gasteiger partial charge < -0.3 is 15.0 Å². The molecular formula is C24H30N4O. The van der Waals surface area contributed by atoms with Gasteiger partial charge in [0.15, 0.2) is 5.82 Å². The normalized spacial score (nSPS) is 18.1. The van der Waals surface area contributed by atoms with Gasteiger partial charge in [-0.25, -0.2) is 0 Å². The number of rotatable bonds is 4. The van der Waals surface area contributed by atoms with Crippen LogP contribution in [0.25, 0.3) is 10.8 Å². The van der Waals surface area contributed by atoms with E-state index in [-0.39, 0.29) is 6.04 Å². The number of nitrogens with zero attached hydrogens (tertiary/aromatic N) is 3. The smallest absolute Gasteiger partial charge is 0.157 e. The number of nitrogens with one attached hydrogen (secondary N) is 1. The van der Waals surface area contributed by atoms with E-state index in [0.717, 1.165) is 42.0 Å². The summed E-state index contributed by atoms with van der Waals surface area (Å²) in [4.78, 5) is 2.41. The lowest BCUT2D eigenvalue weighted by Crippen LogP contribution is -2.43. The summed E-state index contributed by atoms with van der Waals surface area (Å²) in [5, 5.41) is 14.8. The highest BCUT2D eigenvalue weighted by atomic mass is 16.5. The first kappa shape index (κ1) is 19.6. The third kappa shape index (κ3) is 3.79. The number of hydrogen-bond acceptors (Lipinski definition) is 5. The maximum absolute atomic E-state index is 5.61. The maximum atomic E-state index is 5.61. The van der Waals surface area contributed by atoms with Crippen molar-refractivity contribution < 1.29 is 4.74 Å². The molecule has 5 nitrogen and oxygen atoms in total. The van der Waals surface area contributed by atoms with E-state index >= 15 is 0 Å². The molecule has 0 spiro atoms. The fourth-order valence-electron chi connectivity index (χ4n) is 4.20. The first-order chi connectivity index (χ1) is 14.0. The van der Waals surface area contributed by atoms with Crippen molar-refractivity contribution in [2.24, 2.45) is 0 Å². The lowest BCUT2D eigenvalue weighted by Gasteiger charge is -2.35. The van der Waals surface area contributed by atoms with Crippen molar-refractivity contribution in [1.29, 1.82) is 0 Å². The van der Waals surface area contributed by atoms with Crippen molar-refractivity contribution in [2.75, 3.05) is 30.0 Å². The van der Waals surface area contributed by atoms with E-state index in [4.69, 9.17) is 4.74 Å². The molecular weight excluding hydrogens is 360 g/mol. The van der Waals surface area contributed by atoms with Crippen LogP contribution in [0.1, 0.15) is 42.3 Å². The lowest BCUT2D eigenvalue weighted by atomic mass is 9.98. The van der Waals surface area contributed by atoms with Gasteiger partial charge in [0.2, 0.25) is 0 Å². The lowest BCUT2D eigenvalue weighted by molar-refractivity contribution is 0.0989. The minimum absolute atomic E-state index is 0.140. The van der Waals surface area contributed by atoms with Gasteiger partial charge in [0.25, 0.3) is 0 Å². The second-order valence-corrected chi connectivity index (χ2v) is 8.14. The van der Waals surface area contributed by atoms with Crippen molar-refractivity contribution in [1.82, 2.24) is 10.2 Å². The predicted octanol–water partition coefficient (Wildman–Crippen LogP) is 4.95. The van der Waals surface area contributed by atoms with E-state index in [2.05, 4.69) is 84.5 Å². The fraction of sp³-hybridized carbons (Fsp3) is 0.417. The molecule has 29 heavy (non-hydrogen) atoms. The van der Waals surface area contributed by atoms with E-state index in [0.29, 0.717) is 6.04 Å². The third-order valence-electron chi connectivity index (χ3n) is 6.11. The monoisotopic (exact) mass is 390 g/mol. The molecule has 0 bridgehead atoms. The SMILES string of the molecule is Cc1cccc([C@@H](C)Nc2nnc(C)c3ccc(N4CCOC[C@@H]4C)cc23)c1C.